The summed E-state index contributed by atoms with van der Waals surface area (Å²) in [5, 5.41) is 3.06. The number of nitrogens with one attached hydrogen (secondary N) is 1. The van der Waals surface area contributed by atoms with Crippen molar-refractivity contribution >= 4 is 11.9 Å². The van der Waals surface area contributed by atoms with Gasteiger partial charge in [-0.05, 0) is 39.5 Å². The van der Waals surface area contributed by atoms with Gasteiger partial charge in [0.15, 0.2) is 0 Å². The number of rotatable bonds is 5. The van der Waals surface area contributed by atoms with Crippen LogP contribution in [0, 0.1) is 12.3 Å². The van der Waals surface area contributed by atoms with Gasteiger partial charge >= 0.3 is 11.9 Å². The first-order valence-corrected chi connectivity index (χ1v) is 7.51. The Morgan fingerprint density at radius 3 is 2.09 bits per heavy atom. The van der Waals surface area contributed by atoms with Crippen LogP contribution in [-0.2, 0) is 19.1 Å². The zero-order valence-corrected chi connectivity index (χ0v) is 13.3. The first-order valence-electron chi connectivity index (χ1n) is 7.51. The zero-order chi connectivity index (χ0) is 16.8. The molecule has 6 heteroatoms. The first kappa shape index (κ1) is 20.0. The van der Waals surface area contributed by atoms with Crippen LogP contribution in [0.15, 0.2) is 12.3 Å². The van der Waals surface area contributed by atoms with Crippen molar-refractivity contribution in [1.29, 1.82) is 0 Å². The standard InChI is InChI=1S/C8H13NO2.C5H6O2.C3H7N/c1-2-11-8(10)5-6-9-7-3-4-7;1-3-5(6)7-4-2;4-3-1-2-3/h5-7,9H,2-4H2,1H3;1H,4H2,2H3;3H,1-2,4H2/b6-5-;;. The van der Waals surface area contributed by atoms with E-state index in [1.54, 1.807) is 26.0 Å². The van der Waals surface area contributed by atoms with Crippen LogP contribution in [0.5, 0.6) is 0 Å². The van der Waals surface area contributed by atoms with Crippen LogP contribution in [0.3, 0.4) is 0 Å². The fourth-order valence-corrected chi connectivity index (χ4v) is 0.962. The molecule has 0 radical (unpaired) electrons. The van der Waals surface area contributed by atoms with Gasteiger partial charge in [-0.2, -0.15) is 0 Å². The quantitative estimate of drug-likeness (QED) is 0.342. The Morgan fingerprint density at radius 1 is 1.23 bits per heavy atom. The van der Waals surface area contributed by atoms with Crippen LogP contribution >= 0.6 is 0 Å². The van der Waals surface area contributed by atoms with Crippen molar-refractivity contribution in [1.82, 2.24) is 5.32 Å². The Labute approximate surface area is 132 Å². The molecule has 2 aliphatic carbocycles. The molecule has 124 valence electrons. The second-order valence-electron chi connectivity index (χ2n) is 4.73. The lowest BCUT2D eigenvalue weighted by Gasteiger charge is -1.95. The molecule has 2 rings (SSSR count). The summed E-state index contributed by atoms with van der Waals surface area (Å²) in [5.41, 5.74) is 5.22. The molecule has 0 aliphatic heterocycles. The molecule has 0 heterocycles. The predicted molar refractivity (Wildman–Crippen MR) is 84.6 cm³/mol. The van der Waals surface area contributed by atoms with Gasteiger partial charge in [0.25, 0.3) is 0 Å². The van der Waals surface area contributed by atoms with Gasteiger partial charge < -0.3 is 20.5 Å². The number of esters is 2. The highest BCUT2D eigenvalue weighted by Crippen LogP contribution is 2.18. The van der Waals surface area contributed by atoms with E-state index in [4.69, 9.17) is 5.73 Å². The fourth-order valence-electron chi connectivity index (χ4n) is 0.962. The summed E-state index contributed by atoms with van der Waals surface area (Å²) in [6.07, 6.45) is 12.7. The van der Waals surface area contributed by atoms with Gasteiger partial charge in [0, 0.05) is 30.3 Å². The molecule has 0 aromatic heterocycles. The van der Waals surface area contributed by atoms with Crippen LogP contribution in [0.1, 0.15) is 39.5 Å². The van der Waals surface area contributed by atoms with Crippen LogP contribution in [0.4, 0.5) is 0 Å². The van der Waals surface area contributed by atoms with Crippen molar-refractivity contribution in [3.05, 3.63) is 12.3 Å². The van der Waals surface area contributed by atoms with Crippen molar-refractivity contribution in [2.24, 2.45) is 5.73 Å². The average Bonchev–Trinajstić information content (AvgIpc) is 3.39. The molecular formula is C16H26N2O4. The monoisotopic (exact) mass is 310 g/mol. The summed E-state index contributed by atoms with van der Waals surface area (Å²) in [5.74, 6) is 0.933. The average molecular weight is 310 g/mol. The van der Waals surface area contributed by atoms with Crippen molar-refractivity contribution < 1.29 is 19.1 Å². The minimum Gasteiger partial charge on any atom is -0.463 e. The lowest BCUT2D eigenvalue weighted by atomic mass is 10.6. The second kappa shape index (κ2) is 12.7. The summed E-state index contributed by atoms with van der Waals surface area (Å²) in [6, 6.07) is 1.18. The topological polar surface area (TPSA) is 90.6 Å². The third kappa shape index (κ3) is 16.1. The van der Waals surface area contributed by atoms with Gasteiger partial charge in [-0.15, -0.1) is 6.42 Å². The molecule has 0 unspecified atom stereocenters. The van der Waals surface area contributed by atoms with Crippen LogP contribution in [-0.4, -0.2) is 37.2 Å². The Kier molecular flexibility index (Phi) is 11.6. The molecule has 0 atom stereocenters. The van der Waals surface area contributed by atoms with Crippen LogP contribution in [0.2, 0.25) is 0 Å². The van der Waals surface area contributed by atoms with E-state index in [2.05, 4.69) is 21.2 Å². The number of terminal acetylenes is 1. The van der Waals surface area contributed by atoms with E-state index < -0.39 is 5.97 Å². The Morgan fingerprint density at radius 2 is 1.77 bits per heavy atom. The van der Waals surface area contributed by atoms with E-state index in [9.17, 15) is 9.59 Å². The number of hydrogen-bond donors (Lipinski definition) is 2. The van der Waals surface area contributed by atoms with E-state index in [-0.39, 0.29) is 5.97 Å². The first-order chi connectivity index (χ1) is 10.5. The maximum Gasteiger partial charge on any atom is 0.384 e. The van der Waals surface area contributed by atoms with E-state index in [1.165, 1.54) is 31.8 Å². The predicted octanol–water partition coefficient (Wildman–Crippen LogP) is 1.11. The highest BCUT2D eigenvalue weighted by molar-refractivity contribution is 5.87. The van der Waals surface area contributed by atoms with Gasteiger partial charge in [0.05, 0.1) is 13.2 Å². The fraction of sp³-hybridized carbons (Fsp3) is 0.625. The van der Waals surface area contributed by atoms with Crippen LogP contribution < -0.4 is 11.1 Å². The SMILES string of the molecule is C#CC(=O)OCC.CCOC(=O)/C=C\NC1CC1.NC1CC1. The van der Waals surface area contributed by atoms with Crippen molar-refractivity contribution in [3.63, 3.8) is 0 Å². The lowest BCUT2D eigenvalue weighted by Crippen LogP contribution is -2.08. The summed E-state index contributed by atoms with van der Waals surface area (Å²) < 4.78 is 8.99. The number of carbonyl (C=O) groups excluding carboxylic acids is 2. The molecule has 6 nitrogen and oxygen atoms in total. The second-order valence-corrected chi connectivity index (χ2v) is 4.73. The van der Waals surface area contributed by atoms with Gasteiger partial charge in [0.2, 0.25) is 0 Å². The van der Waals surface area contributed by atoms with E-state index in [0.717, 1.165) is 0 Å². The van der Waals surface area contributed by atoms with Gasteiger partial charge in [-0.3, -0.25) is 0 Å². The largest absolute Gasteiger partial charge is 0.463 e. The molecule has 3 N–H and O–H groups in total. The third-order valence-electron chi connectivity index (χ3n) is 2.43. The number of ether oxygens (including phenoxy) is 2. The van der Waals surface area contributed by atoms with E-state index in [1.807, 2.05) is 0 Å². The van der Waals surface area contributed by atoms with E-state index >= 15 is 0 Å². The molecule has 2 fully saturated rings. The van der Waals surface area contributed by atoms with Crippen molar-refractivity contribution in [2.75, 3.05) is 13.2 Å². The molecule has 0 spiro atoms. The highest BCUT2D eigenvalue weighted by Gasteiger charge is 2.18. The van der Waals surface area contributed by atoms with Gasteiger partial charge in [0.1, 0.15) is 0 Å². The van der Waals surface area contributed by atoms with E-state index in [0.29, 0.717) is 25.3 Å². The molecule has 0 bridgehead atoms. The Hall–Kier alpha value is -2.00. The Balaban J connectivity index is 0.000000341. The highest BCUT2D eigenvalue weighted by atomic mass is 16.5. The molecule has 0 saturated heterocycles. The zero-order valence-electron chi connectivity index (χ0n) is 13.3. The molecule has 0 aromatic rings. The summed E-state index contributed by atoms with van der Waals surface area (Å²) in [6.45, 7) is 4.28. The maximum absolute atomic E-state index is 10.7. The molecule has 2 saturated carbocycles. The molecular weight excluding hydrogens is 284 g/mol. The third-order valence-corrected chi connectivity index (χ3v) is 2.43. The maximum atomic E-state index is 10.7. The van der Waals surface area contributed by atoms with Gasteiger partial charge in [-0.25, -0.2) is 9.59 Å². The lowest BCUT2D eigenvalue weighted by molar-refractivity contribution is -0.137. The molecule has 2 aliphatic rings. The minimum atomic E-state index is -0.595. The number of nitrogens with two attached hydrogens (primary N) is 1. The molecule has 0 amide bonds. The minimum absolute atomic E-state index is 0.277. The summed E-state index contributed by atoms with van der Waals surface area (Å²) in [4.78, 5) is 20.6. The van der Waals surface area contributed by atoms with Crippen molar-refractivity contribution in [2.45, 2.75) is 51.6 Å². The van der Waals surface area contributed by atoms with Crippen LogP contribution in [0.25, 0.3) is 0 Å². The summed E-state index contributed by atoms with van der Waals surface area (Å²) in [7, 11) is 0. The number of carbonyl (C=O) groups is 2. The van der Waals surface area contributed by atoms with Gasteiger partial charge in [-0.1, -0.05) is 0 Å². The normalized spacial score (nSPS) is 15.4. The summed E-state index contributed by atoms with van der Waals surface area (Å²) >= 11 is 0. The molecule has 22 heavy (non-hydrogen) atoms. The number of hydrogen-bond acceptors (Lipinski definition) is 6. The van der Waals surface area contributed by atoms with Crippen molar-refractivity contribution in [3.8, 4) is 12.3 Å². The Bertz CT molecular complexity index is 393. The smallest absolute Gasteiger partial charge is 0.384 e. The molecule has 0 aromatic carbocycles.